The molecule has 134 valence electrons. The summed E-state index contributed by atoms with van der Waals surface area (Å²) in [4.78, 5) is 24.1. The molecule has 0 saturated heterocycles. The van der Waals surface area contributed by atoms with Crippen molar-refractivity contribution in [2.75, 3.05) is 0 Å². The molecule has 0 amide bonds. The molecule has 6 heteroatoms. The van der Waals surface area contributed by atoms with Gasteiger partial charge in [0, 0.05) is 22.6 Å². The topological polar surface area (TPSA) is 76.7 Å². The van der Waals surface area contributed by atoms with Gasteiger partial charge in [0.2, 0.25) is 5.43 Å². The molecule has 26 heavy (non-hydrogen) atoms. The molecule has 5 nitrogen and oxygen atoms in total. The smallest absolute Gasteiger partial charge is 0.345 e. The minimum absolute atomic E-state index is 0.210. The maximum Gasteiger partial charge on any atom is 0.345 e. The van der Waals surface area contributed by atoms with Crippen molar-refractivity contribution >= 4 is 28.5 Å². The summed E-state index contributed by atoms with van der Waals surface area (Å²) >= 11 is 6.17. The Labute approximate surface area is 154 Å². The number of carboxylic acid groups (broad SMARTS) is 1. The molecule has 1 N–H and O–H groups in total. The highest BCUT2D eigenvalue weighted by Gasteiger charge is 2.23. The van der Waals surface area contributed by atoms with Gasteiger partial charge in [-0.15, -0.1) is 0 Å². The Hall–Kier alpha value is -2.79. The molecule has 1 heterocycles. The van der Waals surface area contributed by atoms with Crippen LogP contribution in [0.15, 0.2) is 57.9 Å². The van der Waals surface area contributed by atoms with Crippen molar-refractivity contribution in [2.45, 2.75) is 20.0 Å². The average molecular weight is 373 g/mol. The van der Waals surface area contributed by atoms with E-state index < -0.39 is 12.1 Å². The molecule has 0 saturated carbocycles. The van der Waals surface area contributed by atoms with E-state index in [9.17, 15) is 14.7 Å². The summed E-state index contributed by atoms with van der Waals surface area (Å²) in [5.74, 6) is -0.930. The van der Waals surface area contributed by atoms with Crippen LogP contribution in [0.5, 0.6) is 5.75 Å². The molecule has 0 bridgehead atoms. The number of ether oxygens (including phenoxy) is 1. The van der Waals surface area contributed by atoms with Gasteiger partial charge in [0.25, 0.3) is 0 Å². The Balaban J connectivity index is 2.03. The number of benzene rings is 2. The zero-order valence-electron chi connectivity index (χ0n) is 14.2. The monoisotopic (exact) mass is 372 g/mol. The Morgan fingerprint density at radius 3 is 2.54 bits per heavy atom. The maximum atomic E-state index is 12.8. The lowest BCUT2D eigenvalue weighted by Gasteiger charge is -2.18. The third-order valence-electron chi connectivity index (χ3n) is 4.02. The van der Waals surface area contributed by atoms with Gasteiger partial charge in [-0.3, -0.25) is 4.79 Å². The fourth-order valence-corrected chi connectivity index (χ4v) is 2.90. The number of hydrogen-bond donors (Lipinski definition) is 1. The predicted molar refractivity (Wildman–Crippen MR) is 99.8 cm³/mol. The van der Waals surface area contributed by atoms with Crippen molar-refractivity contribution in [2.24, 2.45) is 5.92 Å². The third-order valence-corrected chi connectivity index (χ3v) is 4.35. The Kier molecular flexibility index (Phi) is 5.00. The summed E-state index contributed by atoms with van der Waals surface area (Å²) in [5, 5.41) is 10.1. The molecule has 0 radical (unpaired) electrons. The second kappa shape index (κ2) is 7.22. The number of fused-ring (bicyclic) bond motifs is 1. The summed E-state index contributed by atoms with van der Waals surface area (Å²) in [6.07, 6.45) is 0.369. The van der Waals surface area contributed by atoms with Crippen molar-refractivity contribution in [1.82, 2.24) is 0 Å². The van der Waals surface area contributed by atoms with Crippen molar-refractivity contribution < 1.29 is 19.1 Å². The molecule has 2 aromatic carbocycles. The van der Waals surface area contributed by atoms with E-state index in [1.54, 1.807) is 50.2 Å². The molecule has 0 spiro atoms. The van der Waals surface area contributed by atoms with E-state index >= 15 is 0 Å². The van der Waals surface area contributed by atoms with Crippen LogP contribution in [0.2, 0.25) is 5.02 Å². The van der Waals surface area contributed by atoms with Crippen LogP contribution in [0, 0.1) is 5.92 Å². The molecule has 3 aromatic rings. The third kappa shape index (κ3) is 3.44. The van der Waals surface area contributed by atoms with E-state index in [4.69, 9.17) is 20.8 Å². The number of carbonyl (C=O) groups is 1. The number of carboxylic acids is 1. The average Bonchev–Trinajstić information content (AvgIpc) is 2.60. The first-order valence-electron chi connectivity index (χ1n) is 8.08. The first-order valence-corrected chi connectivity index (χ1v) is 8.46. The molecule has 0 aliphatic heterocycles. The number of rotatable bonds is 5. The van der Waals surface area contributed by atoms with Gasteiger partial charge in [0.1, 0.15) is 17.6 Å². The van der Waals surface area contributed by atoms with Crippen molar-refractivity contribution in [3.63, 3.8) is 0 Å². The van der Waals surface area contributed by atoms with Crippen LogP contribution in [0.3, 0.4) is 0 Å². The number of aliphatic carboxylic acids is 1. The van der Waals surface area contributed by atoms with Crippen molar-refractivity contribution in [3.05, 3.63) is 64.0 Å². The minimum atomic E-state index is -1.05. The van der Waals surface area contributed by atoms with E-state index in [0.29, 0.717) is 32.9 Å². The largest absolute Gasteiger partial charge is 0.478 e. The normalized spacial score (nSPS) is 12.3. The second-order valence-corrected chi connectivity index (χ2v) is 6.64. The second-order valence-electron chi connectivity index (χ2n) is 6.24. The van der Waals surface area contributed by atoms with E-state index in [1.165, 1.54) is 12.3 Å². The molecule has 1 unspecified atom stereocenters. The lowest BCUT2D eigenvalue weighted by molar-refractivity contribution is -0.147. The lowest BCUT2D eigenvalue weighted by atomic mass is 10.1. The molecule has 0 aliphatic rings. The van der Waals surface area contributed by atoms with E-state index in [2.05, 4.69) is 0 Å². The Morgan fingerprint density at radius 1 is 1.15 bits per heavy atom. The van der Waals surface area contributed by atoms with Crippen molar-refractivity contribution in [3.8, 4) is 16.9 Å². The molecule has 0 fully saturated rings. The predicted octanol–water partition coefficient (Wildman–Crippen LogP) is 4.60. The molecular weight excluding hydrogens is 356 g/mol. The van der Waals surface area contributed by atoms with Crippen LogP contribution in [0.4, 0.5) is 0 Å². The Morgan fingerprint density at radius 2 is 1.88 bits per heavy atom. The highest BCUT2D eigenvalue weighted by molar-refractivity contribution is 6.33. The van der Waals surface area contributed by atoms with Gasteiger partial charge in [-0.25, -0.2) is 4.79 Å². The standard InChI is InChI=1S/C20H17ClO5/c1-11(2)19(20(23)24)26-12-7-8-14-17(9-12)25-10-15(18(14)22)13-5-3-4-6-16(13)21/h3-11,19H,1-2H3,(H,23,24). The summed E-state index contributed by atoms with van der Waals surface area (Å²) in [6, 6.07) is 11.7. The van der Waals surface area contributed by atoms with Gasteiger partial charge in [0.15, 0.2) is 6.10 Å². The van der Waals surface area contributed by atoms with Gasteiger partial charge in [-0.2, -0.15) is 0 Å². The van der Waals surface area contributed by atoms with Crippen LogP contribution in [-0.2, 0) is 4.79 Å². The highest BCUT2D eigenvalue weighted by Crippen LogP contribution is 2.28. The quantitative estimate of drug-likeness (QED) is 0.708. The van der Waals surface area contributed by atoms with Crippen LogP contribution < -0.4 is 10.2 Å². The zero-order chi connectivity index (χ0) is 18.8. The summed E-state index contributed by atoms with van der Waals surface area (Å²) in [5.41, 5.74) is 1.05. The van der Waals surface area contributed by atoms with E-state index in [0.717, 1.165) is 0 Å². The van der Waals surface area contributed by atoms with E-state index in [1.807, 2.05) is 0 Å². The van der Waals surface area contributed by atoms with Crippen LogP contribution in [0.1, 0.15) is 13.8 Å². The van der Waals surface area contributed by atoms with Crippen molar-refractivity contribution in [1.29, 1.82) is 0 Å². The first kappa shape index (κ1) is 18.0. The van der Waals surface area contributed by atoms with E-state index in [-0.39, 0.29) is 11.3 Å². The molecule has 1 aromatic heterocycles. The molecular formula is C20H17ClO5. The fraction of sp³-hybridized carbons (Fsp3) is 0.200. The van der Waals surface area contributed by atoms with Gasteiger partial charge in [-0.1, -0.05) is 43.6 Å². The summed E-state index contributed by atoms with van der Waals surface area (Å²) in [7, 11) is 0. The SMILES string of the molecule is CC(C)C(Oc1ccc2c(=O)c(-c3ccccc3Cl)coc2c1)C(=O)O. The minimum Gasteiger partial charge on any atom is -0.478 e. The maximum absolute atomic E-state index is 12.8. The van der Waals surface area contributed by atoms with Crippen LogP contribution >= 0.6 is 11.6 Å². The van der Waals surface area contributed by atoms with Crippen LogP contribution in [0.25, 0.3) is 22.1 Å². The summed E-state index contributed by atoms with van der Waals surface area (Å²) in [6.45, 7) is 3.52. The molecule has 0 aliphatic carbocycles. The molecule has 1 atom stereocenters. The number of hydrogen-bond acceptors (Lipinski definition) is 4. The summed E-state index contributed by atoms with van der Waals surface area (Å²) < 4.78 is 11.1. The highest BCUT2D eigenvalue weighted by atomic mass is 35.5. The van der Waals surface area contributed by atoms with Gasteiger partial charge < -0.3 is 14.3 Å². The zero-order valence-corrected chi connectivity index (χ0v) is 15.0. The van der Waals surface area contributed by atoms with Crippen LogP contribution in [-0.4, -0.2) is 17.2 Å². The van der Waals surface area contributed by atoms with Gasteiger partial charge in [0.05, 0.1) is 10.9 Å². The fourth-order valence-electron chi connectivity index (χ4n) is 2.67. The Bertz CT molecular complexity index is 1020. The lowest BCUT2D eigenvalue weighted by Crippen LogP contribution is -2.32. The first-order chi connectivity index (χ1) is 12.4. The molecule has 3 rings (SSSR count). The van der Waals surface area contributed by atoms with Gasteiger partial charge >= 0.3 is 5.97 Å². The number of halogens is 1. The van der Waals surface area contributed by atoms with Gasteiger partial charge in [-0.05, 0) is 18.2 Å².